The molecule has 0 saturated carbocycles. The van der Waals surface area contributed by atoms with Crippen molar-refractivity contribution >= 4 is 11.8 Å². The molecule has 0 fully saturated rings. The molecule has 0 spiro atoms. The third-order valence-corrected chi connectivity index (χ3v) is 4.33. The Balaban J connectivity index is 1.87. The molecule has 2 rings (SSSR count). The van der Waals surface area contributed by atoms with Gasteiger partial charge in [0.25, 0.3) is 0 Å². The maximum Gasteiger partial charge on any atom is 0.0349 e. The van der Waals surface area contributed by atoms with E-state index in [1.807, 2.05) is 11.8 Å². The molecule has 0 saturated heterocycles. The van der Waals surface area contributed by atoms with Crippen LogP contribution in [0, 0.1) is 6.92 Å². The second-order valence-electron chi connectivity index (χ2n) is 4.76. The molecule has 0 radical (unpaired) electrons. The zero-order valence-electron chi connectivity index (χ0n) is 10.5. The highest BCUT2D eigenvalue weighted by Gasteiger charge is 2.12. The van der Waals surface area contributed by atoms with Crippen molar-refractivity contribution in [3.8, 4) is 0 Å². The molecule has 2 heteroatoms. The summed E-state index contributed by atoms with van der Waals surface area (Å²) in [6.07, 6.45) is 7.43. The number of hydrogen-bond donors (Lipinski definition) is 1. The Bertz CT molecular complexity index is 398. The highest BCUT2D eigenvalue weighted by Crippen LogP contribution is 2.25. The lowest BCUT2D eigenvalue weighted by Crippen LogP contribution is -2.26. The van der Waals surface area contributed by atoms with Gasteiger partial charge in [0.1, 0.15) is 0 Å². The predicted octanol–water partition coefficient (Wildman–Crippen LogP) is 3.91. The summed E-state index contributed by atoms with van der Waals surface area (Å²) in [4.78, 5) is 1.33. The van der Waals surface area contributed by atoms with Crippen LogP contribution in [0.15, 0.2) is 40.8 Å². The molecule has 0 aromatic heterocycles. The van der Waals surface area contributed by atoms with Crippen LogP contribution in [0.4, 0.5) is 0 Å². The summed E-state index contributed by atoms with van der Waals surface area (Å²) in [6, 6.07) is 8.88. The second-order valence-corrected chi connectivity index (χ2v) is 5.85. The van der Waals surface area contributed by atoms with Gasteiger partial charge < -0.3 is 5.73 Å². The first-order valence-corrected chi connectivity index (χ1v) is 7.38. The Hall–Kier alpha value is -0.730. The highest BCUT2D eigenvalue weighted by molar-refractivity contribution is 7.99. The molecule has 1 nitrogen and oxygen atoms in total. The quantitative estimate of drug-likeness (QED) is 0.645. The topological polar surface area (TPSA) is 26.0 Å². The Labute approximate surface area is 108 Å². The van der Waals surface area contributed by atoms with E-state index in [-0.39, 0.29) is 6.04 Å². The number of benzene rings is 1. The van der Waals surface area contributed by atoms with E-state index < -0.39 is 0 Å². The molecular weight excluding hydrogens is 226 g/mol. The predicted molar refractivity (Wildman–Crippen MR) is 76.4 cm³/mol. The molecule has 92 valence electrons. The summed E-state index contributed by atoms with van der Waals surface area (Å²) in [5, 5.41) is 0. The van der Waals surface area contributed by atoms with Gasteiger partial charge in [-0.25, -0.2) is 0 Å². The van der Waals surface area contributed by atoms with Gasteiger partial charge in [0, 0.05) is 16.7 Å². The molecule has 1 aliphatic rings. The molecule has 0 aliphatic heterocycles. The molecule has 2 N–H and O–H groups in total. The summed E-state index contributed by atoms with van der Waals surface area (Å²) in [5.41, 5.74) is 9.03. The van der Waals surface area contributed by atoms with Crippen molar-refractivity contribution in [2.24, 2.45) is 5.73 Å². The zero-order valence-corrected chi connectivity index (χ0v) is 11.3. The number of aryl methyl sites for hydroxylation is 1. The van der Waals surface area contributed by atoms with Crippen molar-refractivity contribution in [1.29, 1.82) is 0 Å². The minimum absolute atomic E-state index is 0.237. The first-order valence-electron chi connectivity index (χ1n) is 6.39. The minimum Gasteiger partial charge on any atom is -0.324 e. The number of nitrogens with two attached hydrogens (primary N) is 1. The maximum atomic E-state index is 6.25. The van der Waals surface area contributed by atoms with Crippen molar-refractivity contribution in [1.82, 2.24) is 0 Å². The molecule has 17 heavy (non-hydrogen) atoms. The minimum atomic E-state index is 0.237. The van der Waals surface area contributed by atoms with Crippen LogP contribution >= 0.6 is 11.8 Å². The van der Waals surface area contributed by atoms with Gasteiger partial charge in [-0.05, 0) is 44.7 Å². The molecule has 1 unspecified atom stereocenters. The van der Waals surface area contributed by atoms with Gasteiger partial charge in [0.15, 0.2) is 0 Å². The summed E-state index contributed by atoms with van der Waals surface area (Å²) >= 11 is 1.87. The van der Waals surface area contributed by atoms with Crippen LogP contribution in [-0.4, -0.2) is 11.8 Å². The van der Waals surface area contributed by atoms with Crippen molar-refractivity contribution in [3.63, 3.8) is 0 Å². The molecule has 0 bridgehead atoms. The van der Waals surface area contributed by atoms with Crippen LogP contribution in [0.3, 0.4) is 0 Å². The van der Waals surface area contributed by atoms with Crippen LogP contribution in [0.2, 0.25) is 0 Å². The Morgan fingerprint density at radius 2 is 2.24 bits per heavy atom. The SMILES string of the molecule is Cc1cccc(SCC(N)C2=CCCCC2)c1. The lowest BCUT2D eigenvalue weighted by molar-refractivity contribution is 0.656. The standard InChI is InChI=1S/C15H21NS/c1-12-6-5-9-14(10-12)17-11-15(16)13-7-3-2-4-8-13/h5-7,9-10,15H,2-4,8,11,16H2,1H3. The number of rotatable bonds is 4. The average molecular weight is 247 g/mol. The van der Waals surface area contributed by atoms with Gasteiger partial charge in [-0.15, -0.1) is 11.8 Å². The van der Waals surface area contributed by atoms with Gasteiger partial charge in [-0.2, -0.15) is 0 Å². The van der Waals surface area contributed by atoms with Gasteiger partial charge in [-0.1, -0.05) is 29.3 Å². The molecule has 0 heterocycles. The second kappa shape index (κ2) is 6.27. The Kier molecular flexibility index (Phi) is 4.69. The van der Waals surface area contributed by atoms with Crippen LogP contribution in [-0.2, 0) is 0 Å². The molecule has 1 aromatic rings. The van der Waals surface area contributed by atoms with Crippen LogP contribution in [0.5, 0.6) is 0 Å². The summed E-state index contributed by atoms with van der Waals surface area (Å²) in [7, 11) is 0. The molecule has 1 atom stereocenters. The van der Waals surface area contributed by atoms with Gasteiger partial charge >= 0.3 is 0 Å². The van der Waals surface area contributed by atoms with E-state index in [4.69, 9.17) is 5.73 Å². The van der Waals surface area contributed by atoms with E-state index >= 15 is 0 Å². The smallest absolute Gasteiger partial charge is 0.0349 e. The molecule has 1 aliphatic carbocycles. The fourth-order valence-electron chi connectivity index (χ4n) is 2.20. The fourth-order valence-corrected chi connectivity index (χ4v) is 3.23. The lowest BCUT2D eigenvalue weighted by Gasteiger charge is -2.19. The third-order valence-electron chi connectivity index (χ3n) is 3.22. The van der Waals surface area contributed by atoms with E-state index in [9.17, 15) is 0 Å². The number of hydrogen-bond acceptors (Lipinski definition) is 2. The van der Waals surface area contributed by atoms with Crippen molar-refractivity contribution < 1.29 is 0 Å². The van der Waals surface area contributed by atoms with Crippen molar-refractivity contribution in [2.45, 2.75) is 43.5 Å². The van der Waals surface area contributed by atoms with E-state index in [2.05, 4.69) is 37.3 Å². The Morgan fingerprint density at radius 1 is 1.35 bits per heavy atom. The van der Waals surface area contributed by atoms with Crippen molar-refractivity contribution in [3.05, 3.63) is 41.5 Å². The van der Waals surface area contributed by atoms with Crippen molar-refractivity contribution in [2.75, 3.05) is 5.75 Å². The van der Waals surface area contributed by atoms with E-state index in [0.29, 0.717) is 0 Å². The Morgan fingerprint density at radius 3 is 2.94 bits per heavy atom. The first kappa shape index (κ1) is 12.7. The molecule has 0 amide bonds. The highest BCUT2D eigenvalue weighted by atomic mass is 32.2. The first-order chi connectivity index (χ1) is 8.25. The van der Waals surface area contributed by atoms with Gasteiger partial charge in [0.05, 0.1) is 0 Å². The van der Waals surface area contributed by atoms with E-state index in [1.165, 1.54) is 41.7 Å². The average Bonchev–Trinajstić information content (AvgIpc) is 2.37. The maximum absolute atomic E-state index is 6.25. The van der Waals surface area contributed by atoms with E-state index in [1.54, 1.807) is 0 Å². The van der Waals surface area contributed by atoms with Crippen LogP contribution in [0.25, 0.3) is 0 Å². The zero-order chi connectivity index (χ0) is 12.1. The number of allylic oxidation sites excluding steroid dienone is 1. The summed E-state index contributed by atoms with van der Waals surface area (Å²) in [6.45, 7) is 2.13. The lowest BCUT2D eigenvalue weighted by atomic mass is 9.95. The normalized spacial score (nSPS) is 17.6. The summed E-state index contributed by atoms with van der Waals surface area (Å²) < 4.78 is 0. The van der Waals surface area contributed by atoms with Crippen LogP contribution in [0.1, 0.15) is 31.2 Å². The van der Waals surface area contributed by atoms with E-state index in [0.717, 1.165) is 5.75 Å². The monoisotopic (exact) mass is 247 g/mol. The van der Waals surface area contributed by atoms with Gasteiger partial charge in [-0.3, -0.25) is 0 Å². The molecule has 1 aromatic carbocycles. The third kappa shape index (κ3) is 3.90. The fraction of sp³-hybridized carbons (Fsp3) is 0.467. The van der Waals surface area contributed by atoms with Crippen LogP contribution < -0.4 is 5.73 Å². The molecular formula is C15H21NS. The largest absolute Gasteiger partial charge is 0.324 e. The van der Waals surface area contributed by atoms with Gasteiger partial charge in [0.2, 0.25) is 0 Å². The summed E-state index contributed by atoms with van der Waals surface area (Å²) in [5.74, 6) is 0.995. The number of thioether (sulfide) groups is 1.